The maximum absolute atomic E-state index is 11.1. The van der Waals surface area contributed by atoms with Gasteiger partial charge in [-0.15, -0.1) is 0 Å². The Bertz CT molecular complexity index is 593. The normalized spacial score (nSPS) is 10.2. The van der Waals surface area contributed by atoms with E-state index >= 15 is 0 Å². The number of nitrogen functional groups attached to an aromatic ring is 1. The molecule has 0 saturated carbocycles. The number of carbonyl (C=O) groups excluding carboxylic acids is 1. The largest absolute Gasteiger partial charge is 0.398 e. The van der Waals surface area contributed by atoms with Crippen LogP contribution in [-0.4, -0.2) is 12.5 Å². The summed E-state index contributed by atoms with van der Waals surface area (Å²) < 4.78 is 0. The van der Waals surface area contributed by atoms with Gasteiger partial charge in [-0.05, 0) is 42.8 Å². The van der Waals surface area contributed by atoms with Gasteiger partial charge in [0, 0.05) is 30.0 Å². The van der Waals surface area contributed by atoms with Crippen LogP contribution in [0.4, 0.5) is 11.4 Å². The lowest BCUT2D eigenvalue weighted by Crippen LogP contribution is -2.22. The Labute approximate surface area is 119 Å². The van der Waals surface area contributed by atoms with Gasteiger partial charge in [0.25, 0.3) is 0 Å². The number of para-hydroxylation sites is 1. The second kappa shape index (κ2) is 6.10. The zero-order valence-electron chi connectivity index (χ0n) is 11.5. The summed E-state index contributed by atoms with van der Waals surface area (Å²) >= 11 is 0. The second-order valence-corrected chi connectivity index (χ2v) is 4.62. The standard InChI is InChI=1S/C16H19N3O/c1-2-19(11-13-5-3-4-6-15(13)17)14-9-7-12(8-10-14)16(18)20/h3-10H,2,11,17H2,1H3,(H2,18,20). The quantitative estimate of drug-likeness (QED) is 0.819. The van der Waals surface area contributed by atoms with Gasteiger partial charge in [-0.2, -0.15) is 0 Å². The lowest BCUT2D eigenvalue weighted by Gasteiger charge is -2.24. The van der Waals surface area contributed by atoms with Gasteiger partial charge in [0.15, 0.2) is 0 Å². The third-order valence-corrected chi connectivity index (χ3v) is 3.31. The first-order valence-electron chi connectivity index (χ1n) is 6.60. The van der Waals surface area contributed by atoms with E-state index in [2.05, 4.69) is 11.8 Å². The summed E-state index contributed by atoms with van der Waals surface area (Å²) in [5.41, 5.74) is 14.7. The monoisotopic (exact) mass is 269 g/mol. The van der Waals surface area contributed by atoms with E-state index < -0.39 is 5.91 Å². The number of hydrogen-bond donors (Lipinski definition) is 2. The summed E-state index contributed by atoms with van der Waals surface area (Å²) in [7, 11) is 0. The highest BCUT2D eigenvalue weighted by atomic mass is 16.1. The van der Waals surface area contributed by atoms with Crippen LogP contribution in [0.1, 0.15) is 22.8 Å². The topological polar surface area (TPSA) is 72.3 Å². The summed E-state index contributed by atoms with van der Waals surface area (Å²) in [5.74, 6) is -0.410. The number of amides is 1. The van der Waals surface area contributed by atoms with Crippen LogP contribution in [0.2, 0.25) is 0 Å². The highest BCUT2D eigenvalue weighted by Gasteiger charge is 2.08. The predicted octanol–water partition coefficient (Wildman–Crippen LogP) is 2.39. The molecule has 0 bridgehead atoms. The van der Waals surface area contributed by atoms with Gasteiger partial charge in [-0.3, -0.25) is 4.79 Å². The van der Waals surface area contributed by atoms with Crippen LogP contribution < -0.4 is 16.4 Å². The van der Waals surface area contributed by atoms with Crippen LogP contribution >= 0.6 is 0 Å². The van der Waals surface area contributed by atoms with Crippen molar-refractivity contribution in [2.75, 3.05) is 17.2 Å². The molecule has 1 amide bonds. The first-order valence-corrected chi connectivity index (χ1v) is 6.60. The highest BCUT2D eigenvalue weighted by Crippen LogP contribution is 2.20. The Hall–Kier alpha value is -2.49. The Balaban J connectivity index is 2.20. The fraction of sp³-hybridized carbons (Fsp3) is 0.188. The van der Waals surface area contributed by atoms with Crippen molar-refractivity contribution in [3.8, 4) is 0 Å². The Kier molecular flexibility index (Phi) is 4.25. The molecule has 0 unspecified atom stereocenters. The van der Waals surface area contributed by atoms with E-state index in [1.807, 2.05) is 36.4 Å². The summed E-state index contributed by atoms with van der Waals surface area (Å²) in [6.45, 7) is 3.67. The zero-order chi connectivity index (χ0) is 14.5. The van der Waals surface area contributed by atoms with Crippen molar-refractivity contribution in [2.45, 2.75) is 13.5 Å². The number of nitrogens with zero attached hydrogens (tertiary/aromatic N) is 1. The van der Waals surface area contributed by atoms with Gasteiger partial charge in [-0.1, -0.05) is 18.2 Å². The third kappa shape index (κ3) is 3.09. The summed E-state index contributed by atoms with van der Waals surface area (Å²) in [6, 6.07) is 15.1. The van der Waals surface area contributed by atoms with Crippen LogP contribution in [0, 0.1) is 0 Å². The van der Waals surface area contributed by atoms with Gasteiger partial charge in [0.1, 0.15) is 0 Å². The van der Waals surface area contributed by atoms with Crippen LogP contribution in [0.5, 0.6) is 0 Å². The van der Waals surface area contributed by atoms with Gasteiger partial charge >= 0.3 is 0 Å². The van der Waals surface area contributed by atoms with E-state index in [9.17, 15) is 4.79 Å². The van der Waals surface area contributed by atoms with Crippen molar-refractivity contribution in [1.82, 2.24) is 0 Å². The molecule has 104 valence electrons. The first kappa shape index (κ1) is 13.9. The van der Waals surface area contributed by atoms with Gasteiger partial charge in [-0.25, -0.2) is 0 Å². The van der Waals surface area contributed by atoms with E-state index in [0.717, 1.165) is 30.0 Å². The van der Waals surface area contributed by atoms with Crippen molar-refractivity contribution >= 4 is 17.3 Å². The molecule has 4 nitrogen and oxygen atoms in total. The molecular weight excluding hydrogens is 250 g/mol. The van der Waals surface area contributed by atoms with Crippen molar-refractivity contribution in [1.29, 1.82) is 0 Å². The minimum Gasteiger partial charge on any atom is -0.398 e. The predicted molar refractivity (Wildman–Crippen MR) is 82.5 cm³/mol. The summed E-state index contributed by atoms with van der Waals surface area (Å²) in [6.07, 6.45) is 0. The van der Waals surface area contributed by atoms with Crippen molar-refractivity contribution < 1.29 is 4.79 Å². The SMILES string of the molecule is CCN(Cc1ccccc1N)c1ccc(C(N)=O)cc1. The van der Waals surface area contributed by atoms with E-state index in [-0.39, 0.29) is 0 Å². The molecule has 0 atom stereocenters. The van der Waals surface area contributed by atoms with E-state index in [4.69, 9.17) is 11.5 Å². The Morgan fingerprint density at radius 2 is 1.75 bits per heavy atom. The Morgan fingerprint density at radius 3 is 2.30 bits per heavy atom. The maximum atomic E-state index is 11.1. The Morgan fingerprint density at radius 1 is 1.10 bits per heavy atom. The molecule has 20 heavy (non-hydrogen) atoms. The van der Waals surface area contributed by atoms with Crippen molar-refractivity contribution in [2.24, 2.45) is 5.73 Å². The first-order chi connectivity index (χ1) is 9.61. The van der Waals surface area contributed by atoms with Crippen LogP contribution in [0.3, 0.4) is 0 Å². The number of hydrogen-bond acceptors (Lipinski definition) is 3. The number of carbonyl (C=O) groups is 1. The van der Waals surface area contributed by atoms with E-state index in [0.29, 0.717) is 5.56 Å². The highest BCUT2D eigenvalue weighted by molar-refractivity contribution is 5.93. The van der Waals surface area contributed by atoms with Crippen LogP contribution in [-0.2, 0) is 6.54 Å². The van der Waals surface area contributed by atoms with Gasteiger partial charge in [0.2, 0.25) is 5.91 Å². The molecule has 2 aromatic rings. The zero-order valence-corrected chi connectivity index (χ0v) is 11.5. The molecule has 4 N–H and O–H groups in total. The summed E-state index contributed by atoms with van der Waals surface area (Å²) in [4.78, 5) is 13.3. The number of rotatable bonds is 5. The summed E-state index contributed by atoms with van der Waals surface area (Å²) in [5, 5.41) is 0. The fourth-order valence-electron chi connectivity index (χ4n) is 2.11. The minimum absolute atomic E-state index is 0.410. The van der Waals surface area contributed by atoms with E-state index in [1.165, 1.54) is 0 Å². The molecule has 0 radical (unpaired) electrons. The fourth-order valence-corrected chi connectivity index (χ4v) is 2.11. The van der Waals surface area contributed by atoms with Crippen LogP contribution in [0.25, 0.3) is 0 Å². The molecule has 0 aliphatic carbocycles. The molecule has 0 aliphatic heterocycles. The molecule has 0 saturated heterocycles. The van der Waals surface area contributed by atoms with Gasteiger partial charge in [0.05, 0.1) is 0 Å². The second-order valence-electron chi connectivity index (χ2n) is 4.62. The molecule has 4 heteroatoms. The molecule has 2 rings (SSSR count). The molecule has 0 aromatic heterocycles. The average molecular weight is 269 g/mol. The number of benzene rings is 2. The number of anilines is 2. The van der Waals surface area contributed by atoms with Crippen molar-refractivity contribution in [3.05, 3.63) is 59.7 Å². The number of nitrogens with two attached hydrogens (primary N) is 2. The lowest BCUT2D eigenvalue weighted by molar-refractivity contribution is 0.100. The average Bonchev–Trinajstić information content (AvgIpc) is 2.46. The maximum Gasteiger partial charge on any atom is 0.248 e. The minimum atomic E-state index is -0.410. The third-order valence-electron chi connectivity index (χ3n) is 3.31. The molecule has 0 aliphatic rings. The van der Waals surface area contributed by atoms with Gasteiger partial charge < -0.3 is 16.4 Å². The lowest BCUT2D eigenvalue weighted by atomic mass is 10.1. The molecule has 0 heterocycles. The smallest absolute Gasteiger partial charge is 0.248 e. The molecule has 0 spiro atoms. The molecule has 2 aromatic carbocycles. The van der Waals surface area contributed by atoms with Crippen molar-refractivity contribution in [3.63, 3.8) is 0 Å². The van der Waals surface area contributed by atoms with E-state index in [1.54, 1.807) is 12.1 Å². The number of primary amides is 1. The van der Waals surface area contributed by atoms with Crippen LogP contribution in [0.15, 0.2) is 48.5 Å². The molecule has 0 fully saturated rings. The molecular formula is C16H19N3O.